The lowest BCUT2D eigenvalue weighted by atomic mass is 10.1. The van der Waals surface area contributed by atoms with Crippen molar-refractivity contribution < 1.29 is 0 Å². The molecule has 2 aromatic heterocycles. The zero-order valence-corrected chi connectivity index (χ0v) is 10.4. The van der Waals surface area contributed by atoms with Gasteiger partial charge in [0.2, 0.25) is 0 Å². The molecule has 3 heteroatoms. The molecule has 2 rings (SSSR count). The summed E-state index contributed by atoms with van der Waals surface area (Å²) in [7, 11) is 0. The standard InChI is InChI=1S/C12H15NS2/c1-10(12-5-3-7-15-12)8-13-9-11-4-2-6-14-11/h2-7,10,13H,8-9H2,1H3. The molecule has 0 aliphatic rings. The molecule has 0 aliphatic heterocycles. The summed E-state index contributed by atoms with van der Waals surface area (Å²) < 4.78 is 0. The van der Waals surface area contributed by atoms with Gasteiger partial charge in [-0.3, -0.25) is 0 Å². The highest BCUT2D eigenvalue weighted by Crippen LogP contribution is 2.19. The lowest BCUT2D eigenvalue weighted by molar-refractivity contribution is 0.625. The van der Waals surface area contributed by atoms with E-state index < -0.39 is 0 Å². The Morgan fingerprint density at radius 3 is 2.67 bits per heavy atom. The van der Waals surface area contributed by atoms with E-state index >= 15 is 0 Å². The molecule has 0 spiro atoms. The summed E-state index contributed by atoms with van der Waals surface area (Å²) in [4.78, 5) is 2.88. The van der Waals surface area contributed by atoms with Crippen molar-refractivity contribution in [3.63, 3.8) is 0 Å². The van der Waals surface area contributed by atoms with Crippen LogP contribution < -0.4 is 5.32 Å². The third-order valence-electron chi connectivity index (χ3n) is 2.36. The van der Waals surface area contributed by atoms with Crippen molar-refractivity contribution in [2.45, 2.75) is 19.4 Å². The highest BCUT2D eigenvalue weighted by molar-refractivity contribution is 7.10. The first-order chi connectivity index (χ1) is 7.36. The van der Waals surface area contributed by atoms with Crippen LogP contribution in [0, 0.1) is 0 Å². The third kappa shape index (κ3) is 3.16. The molecule has 0 bridgehead atoms. The van der Waals surface area contributed by atoms with Crippen LogP contribution in [0.25, 0.3) is 0 Å². The number of hydrogen-bond donors (Lipinski definition) is 1. The lowest BCUT2D eigenvalue weighted by Crippen LogP contribution is -2.18. The minimum atomic E-state index is 0.616. The maximum absolute atomic E-state index is 3.49. The van der Waals surface area contributed by atoms with Crippen molar-refractivity contribution in [3.05, 3.63) is 44.8 Å². The summed E-state index contributed by atoms with van der Waals surface area (Å²) in [5.41, 5.74) is 0. The molecule has 0 fully saturated rings. The van der Waals surface area contributed by atoms with Gasteiger partial charge in [0.05, 0.1) is 0 Å². The predicted octanol–water partition coefficient (Wildman–Crippen LogP) is 3.70. The second-order valence-electron chi connectivity index (χ2n) is 3.63. The van der Waals surface area contributed by atoms with Gasteiger partial charge in [0, 0.05) is 28.8 Å². The average molecular weight is 237 g/mol. The monoisotopic (exact) mass is 237 g/mol. The summed E-state index contributed by atoms with van der Waals surface area (Å²) in [6, 6.07) is 8.61. The van der Waals surface area contributed by atoms with Crippen LogP contribution in [0.4, 0.5) is 0 Å². The van der Waals surface area contributed by atoms with Gasteiger partial charge in [-0.05, 0) is 22.9 Å². The van der Waals surface area contributed by atoms with Gasteiger partial charge in [0.1, 0.15) is 0 Å². The molecule has 80 valence electrons. The van der Waals surface area contributed by atoms with Crippen molar-refractivity contribution in [2.75, 3.05) is 6.54 Å². The Morgan fingerprint density at radius 1 is 1.20 bits per heavy atom. The minimum Gasteiger partial charge on any atom is -0.311 e. The largest absolute Gasteiger partial charge is 0.311 e. The van der Waals surface area contributed by atoms with Gasteiger partial charge in [-0.25, -0.2) is 0 Å². The number of nitrogens with one attached hydrogen (secondary N) is 1. The third-order valence-corrected chi connectivity index (χ3v) is 4.34. The first-order valence-electron chi connectivity index (χ1n) is 5.13. The molecule has 0 saturated carbocycles. The highest BCUT2D eigenvalue weighted by atomic mass is 32.1. The molecule has 0 saturated heterocycles. The molecule has 1 atom stereocenters. The van der Waals surface area contributed by atoms with Crippen molar-refractivity contribution >= 4 is 22.7 Å². The van der Waals surface area contributed by atoms with Crippen LogP contribution in [-0.2, 0) is 6.54 Å². The van der Waals surface area contributed by atoms with Crippen LogP contribution in [-0.4, -0.2) is 6.54 Å². The van der Waals surface area contributed by atoms with E-state index in [1.807, 2.05) is 22.7 Å². The van der Waals surface area contributed by atoms with Gasteiger partial charge in [-0.15, -0.1) is 22.7 Å². The quantitative estimate of drug-likeness (QED) is 0.836. The van der Waals surface area contributed by atoms with Crippen molar-refractivity contribution in [1.29, 1.82) is 0 Å². The van der Waals surface area contributed by atoms with E-state index in [-0.39, 0.29) is 0 Å². The first-order valence-corrected chi connectivity index (χ1v) is 6.88. The van der Waals surface area contributed by atoms with E-state index in [1.165, 1.54) is 9.75 Å². The van der Waals surface area contributed by atoms with Gasteiger partial charge in [-0.1, -0.05) is 19.1 Å². The van der Waals surface area contributed by atoms with Crippen LogP contribution in [0.15, 0.2) is 35.0 Å². The normalized spacial score (nSPS) is 12.9. The minimum absolute atomic E-state index is 0.616. The van der Waals surface area contributed by atoms with Gasteiger partial charge < -0.3 is 5.32 Å². The first kappa shape index (κ1) is 10.9. The summed E-state index contributed by atoms with van der Waals surface area (Å²) in [6.45, 7) is 4.32. The average Bonchev–Trinajstić information content (AvgIpc) is 2.90. The van der Waals surface area contributed by atoms with Crippen LogP contribution in [0.5, 0.6) is 0 Å². The highest BCUT2D eigenvalue weighted by Gasteiger charge is 2.05. The van der Waals surface area contributed by atoms with E-state index in [0.29, 0.717) is 5.92 Å². The van der Waals surface area contributed by atoms with Gasteiger partial charge in [-0.2, -0.15) is 0 Å². The Hall–Kier alpha value is -0.640. The molecular weight excluding hydrogens is 222 g/mol. The summed E-state index contributed by atoms with van der Waals surface area (Å²) in [6.07, 6.45) is 0. The van der Waals surface area contributed by atoms with Crippen molar-refractivity contribution in [1.82, 2.24) is 5.32 Å². The lowest BCUT2D eigenvalue weighted by Gasteiger charge is -2.09. The van der Waals surface area contributed by atoms with Gasteiger partial charge in [0.15, 0.2) is 0 Å². The van der Waals surface area contributed by atoms with E-state index in [0.717, 1.165) is 13.1 Å². The number of thiophene rings is 2. The molecule has 1 nitrogen and oxygen atoms in total. The molecule has 1 N–H and O–H groups in total. The zero-order chi connectivity index (χ0) is 10.5. The second-order valence-corrected chi connectivity index (χ2v) is 5.64. The van der Waals surface area contributed by atoms with Gasteiger partial charge in [0.25, 0.3) is 0 Å². The fourth-order valence-electron chi connectivity index (χ4n) is 1.50. The molecule has 0 aromatic carbocycles. The Balaban J connectivity index is 1.74. The summed E-state index contributed by atoms with van der Waals surface area (Å²) in [5.74, 6) is 0.616. The smallest absolute Gasteiger partial charge is 0.0299 e. The molecule has 15 heavy (non-hydrogen) atoms. The maximum atomic E-state index is 3.49. The molecule has 1 unspecified atom stereocenters. The van der Waals surface area contributed by atoms with Crippen LogP contribution >= 0.6 is 22.7 Å². The van der Waals surface area contributed by atoms with E-state index in [4.69, 9.17) is 0 Å². The fourth-order valence-corrected chi connectivity index (χ4v) is 2.96. The molecule has 0 radical (unpaired) electrons. The second kappa shape index (κ2) is 5.45. The summed E-state index contributed by atoms with van der Waals surface area (Å²) in [5, 5.41) is 7.76. The van der Waals surface area contributed by atoms with Crippen LogP contribution in [0.2, 0.25) is 0 Å². The molecule has 2 aromatic rings. The Morgan fingerprint density at radius 2 is 2.00 bits per heavy atom. The van der Waals surface area contributed by atoms with Crippen molar-refractivity contribution in [3.8, 4) is 0 Å². The Kier molecular flexibility index (Phi) is 3.94. The van der Waals surface area contributed by atoms with E-state index in [1.54, 1.807) is 0 Å². The Bertz CT molecular complexity index is 364. The molecule has 0 amide bonds. The van der Waals surface area contributed by atoms with Crippen LogP contribution in [0.1, 0.15) is 22.6 Å². The zero-order valence-electron chi connectivity index (χ0n) is 8.77. The number of rotatable bonds is 5. The van der Waals surface area contributed by atoms with Gasteiger partial charge >= 0.3 is 0 Å². The van der Waals surface area contributed by atoms with E-state index in [9.17, 15) is 0 Å². The molecule has 0 aliphatic carbocycles. The molecule has 2 heterocycles. The van der Waals surface area contributed by atoms with E-state index in [2.05, 4.69) is 47.3 Å². The van der Waals surface area contributed by atoms with Crippen LogP contribution in [0.3, 0.4) is 0 Å². The summed E-state index contributed by atoms with van der Waals surface area (Å²) >= 11 is 3.65. The molecular formula is C12H15NS2. The van der Waals surface area contributed by atoms with Crippen molar-refractivity contribution in [2.24, 2.45) is 0 Å². The predicted molar refractivity (Wildman–Crippen MR) is 68.8 cm³/mol. The topological polar surface area (TPSA) is 12.0 Å². The fraction of sp³-hybridized carbons (Fsp3) is 0.333. The maximum Gasteiger partial charge on any atom is 0.0299 e. The number of hydrogen-bond acceptors (Lipinski definition) is 3. The Labute approximate surface area is 98.8 Å². The SMILES string of the molecule is CC(CNCc1cccs1)c1cccs1.